The van der Waals surface area contributed by atoms with Crippen molar-refractivity contribution in [3.8, 4) is 17.2 Å². The van der Waals surface area contributed by atoms with Crippen LogP contribution in [0.3, 0.4) is 0 Å². The highest BCUT2D eigenvalue weighted by Gasteiger charge is 2.52. The third-order valence-electron chi connectivity index (χ3n) is 9.81. The summed E-state index contributed by atoms with van der Waals surface area (Å²) in [7, 11) is 1.34. The van der Waals surface area contributed by atoms with Gasteiger partial charge < -0.3 is 24.6 Å². The van der Waals surface area contributed by atoms with Gasteiger partial charge >= 0.3 is 12.0 Å². The molecular formula is C44H45N5O10S. The second kappa shape index (κ2) is 18.9. The topological polar surface area (TPSA) is 181 Å². The number of imide groups is 1. The van der Waals surface area contributed by atoms with Crippen molar-refractivity contribution in [3.63, 3.8) is 0 Å². The van der Waals surface area contributed by atoms with E-state index in [1.54, 1.807) is 85.4 Å². The van der Waals surface area contributed by atoms with Crippen molar-refractivity contribution in [2.75, 3.05) is 60.1 Å². The molecule has 1 saturated heterocycles. The van der Waals surface area contributed by atoms with Crippen LogP contribution >= 0.6 is 11.8 Å². The molecule has 5 aromatic rings. The Labute approximate surface area is 350 Å². The predicted octanol–water partition coefficient (Wildman–Crippen LogP) is 8.34. The molecule has 1 aliphatic rings. The van der Waals surface area contributed by atoms with Crippen LogP contribution in [-0.2, 0) is 19.1 Å². The van der Waals surface area contributed by atoms with Crippen molar-refractivity contribution >= 4 is 69.1 Å². The number of fused-ring (bicyclic) bond motifs is 1. The number of hydrogen-bond acceptors (Lipinski definition) is 12. The van der Waals surface area contributed by atoms with Crippen LogP contribution in [0, 0.1) is 22.5 Å². The summed E-state index contributed by atoms with van der Waals surface area (Å²) in [6.45, 7) is 5.15. The highest BCUT2D eigenvalue weighted by atomic mass is 32.2. The first-order valence-corrected chi connectivity index (χ1v) is 20.3. The molecule has 1 aliphatic heterocycles. The van der Waals surface area contributed by atoms with Gasteiger partial charge in [-0.3, -0.25) is 29.6 Å². The number of ether oxygens (including phenoxy) is 3. The molecule has 5 aromatic carbocycles. The Hall–Kier alpha value is -6.65. The van der Waals surface area contributed by atoms with Gasteiger partial charge in [-0.15, -0.1) is 0 Å². The molecule has 1 heterocycles. The zero-order valence-corrected chi connectivity index (χ0v) is 34.4. The van der Waals surface area contributed by atoms with E-state index in [4.69, 9.17) is 14.2 Å². The summed E-state index contributed by atoms with van der Waals surface area (Å²) in [5.74, 6) is -0.498. The molecule has 4 amide bonds. The van der Waals surface area contributed by atoms with Gasteiger partial charge in [0, 0.05) is 41.4 Å². The molecule has 0 radical (unpaired) electrons. The monoisotopic (exact) mass is 835 g/mol. The molecular weight excluding hydrogens is 791 g/mol. The molecule has 0 aliphatic carbocycles. The number of nitro benzene ring substituents is 1. The fraction of sp³-hybridized carbons (Fsp3) is 0.273. The van der Waals surface area contributed by atoms with Crippen LogP contribution in [-0.4, -0.2) is 83.8 Å². The average Bonchev–Trinajstić information content (AvgIpc) is 3.52. The van der Waals surface area contributed by atoms with Crippen molar-refractivity contribution in [2.24, 2.45) is 5.41 Å². The summed E-state index contributed by atoms with van der Waals surface area (Å²) in [5, 5.41) is 29.3. The number of nitrogens with zero attached hydrogens (tertiary/aromatic N) is 4. The Morgan fingerprint density at radius 3 is 2.37 bits per heavy atom. The first kappa shape index (κ1) is 42.9. The molecule has 312 valence electrons. The number of non-ortho nitro benzene ring substituents is 1. The first-order chi connectivity index (χ1) is 28.8. The molecule has 16 heteroatoms. The molecule has 1 unspecified atom stereocenters. The van der Waals surface area contributed by atoms with Crippen LogP contribution in [0.2, 0.25) is 0 Å². The van der Waals surface area contributed by atoms with Crippen molar-refractivity contribution in [2.45, 2.75) is 27.2 Å². The normalized spacial score (nSPS) is 14.9. The van der Waals surface area contributed by atoms with Gasteiger partial charge in [0.25, 0.3) is 17.5 Å². The zero-order valence-electron chi connectivity index (χ0n) is 33.6. The maximum Gasteiger partial charge on any atom is 0.350 e. The Bertz CT molecular complexity index is 2410. The number of nitro groups is 1. The first-order valence-electron chi connectivity index (χ1n) is 19.2. The summed E-state index contributed by atoms with van der Waals surface area (Å²) in [6, 6.07) is 26.6. The maximum atomic E-state index is 14.7. The standard InChI is InChI=1S/C44H45N5O10S/c1-5-22-60-23-21-57-26-39(50)58-28-44(3)27-47(30-14-7-6-8-15-30)48(42(44)53)43(54)46(4)36-24-31(49(55)56)19-20-37(36)59-38-25-34(40(51)33-17-11-10-16-32(33)38)41(52)45-35-18-12-9-13-29(35)2/h6-20,24-25,51H,5,21-23,26-28H2,1-4H3,(H,45,52). The molecule has 0 spiro atoms. The van der Waals surface area contributed by atoms with Gasteiger partial charge in [0.15, 0.2) is 5.75 Å². The van der Waals surface area contributed by atoms with Crippen LogP contribution < -0.4 is 20.0 Å². The second-order valence-electron chi connectivity index (χ2n) is 14.3. The lowest BCUT2D eigenvalue weighted by molar-refractivity contribution is -0.384. The van der Waals surface area contributed by atoms with Crippen LogP contribution in [0.5, 0.6) is 17.2 Å². The summed E-state index contributed by atoms with van der Waals surface area (Å²) in [6.07, 6.45) is 1.03. The number of urea groups is 1. The van der Waals surface area contributed by atoms with Crippen molar-refractivity contribution < 1.29 is 43.4 Å². The van der Waals surface area contributed by atoms with E-state index in [1.165, 1.54) is 30.3 Å². The summed E-state index contributed by atoms with van der Waals surface area (Å²) < 4.78 is 17.4. The third kappa shape index (κ3) is 9.45. The maximum absolute atomic E-state index is 14.7. The molecule has 0 bridgehead atoms. The Kier molecular flexibility index (Phi) is 13.6. The lowest BCUT2D eigenvalue weighted by Gasteiger charge is -2.31. The number of phenols is 1. The molecule has 15 nitrogen and oxygen atoms in total. The number of aryl methyl sites for hydroxylation is 1. The van der Waals surface area contributed by atoms with E-state index < -0.39 is 34.2 Å². The number of para-hydroxylation sites is 2. The number of aromatic hydroxyl groups is 1. The minimum Gasteiger partial charge on any atom is -0.506 e. The van der Waals surface area contributed by atoms with Gasteiger partial charge in [0.1, 0.15) is 30.1 Å². The quantitative estimate of drug-likeness (QED) is 0.0420. The van der Waals surface area contributed by atoms with Crippen LogP contribution in [0.15, 0.2) is 103 Å². The lowest BCUT2D eigenvalue weighted by atomic mass is 9.92. The number of carbonyl (C=O) groups is 4. The molecule has 6 rings (SSSR count). The largest absolute Gasteiger partial charge is 0.506 e. The van der Waals surface area contributed by atoms with Crippen molar-refractivity contribution in [1.29, 1.82) is 0 Å². The van der Waals surface area contributed by atoms with Gasteiger partial charge in [-0.2, -0.15) is 16.8 Å². The molecule has 60 heavy (non-hydrogen) atoms. The van der Waals surface area contributed by atoms with Gasteiger partial charge in [-0.1, -0.05) is 67.6 Å². The second-order valence-corrected chi connectivity index (χ2v) is 15.6. The van der Waals surface area contributed by atoms with E-state index in [0.717, 1.165) is 39.5 Å². The predicted molar refractivity (Wildman–Crippen MR) is 230 cm³/mol. The minimum atomic E-state index is -1.39. The number of nitrogens with one attached hydrogen (secondary N) is 1. The molecule has 1 fully saturated rings. The fourth-order valence-electron chi connectivity index (χ4n) is 6.56. The Balaban J connectivity index is 1.32. The van der Waals surface area contributed by atoms with Crippen molar-refractivity contribution in [1.82, 2.24) is 5.01 Å². The lowest BCUT2D eigenvalue weighted by Crippen LogP contribution is -2.50. The number of anilines is 3. The number of amides is 4. The zero-order chi connectivity index (χ0) is 43.0. The van der Waals surface area contributed by atoms with E-state index in [-0.39, 0.29) is 59.3 Å². The van der Waals surface area contributed by atoms with Crippen LogP contribution in [0.25, 0.3) is 10.8 Å². The van der Waals surface area contributed by atoms with E-state index in [2.05, 4.69) is 12.2 Å². The minimum absolute atomic E-state index is 0.0414. The van der Waals surface area contributed by atoms with E-state index in [1.807, 2.05) is 19.1 Å². The molecule has 0 aromatic heterocycles. The number of thioether (sulfide) groups is 1. The summed E-state index contributed by atoms with van der Waals surface area (Å²) >= 11 is 1.71. The number of rotatable bonds is 16. The number of hydrogen-bond donors (Lipinski definition) is 2. The summed E-state index contributed by atoms with van der Waals surface area (Å²) in [4.78, 5) is 67.8. The van der Waals surface area contributed by atoms with Crippen LogP contribution in [0.1, 0.15) is 36.2 Å². The number of phenolic OH excluding ortho intramolecular Hbond substituents is 1. The summed E-state index contributed by atoms with van der Waals surface area (Å²) in [5.41, 5.74) is -0.147. The molecule has 1 atom stereocenters. The number of benzene rings is 5. The van der Waals surface area contributed by atoms with Gasteiger partial charge in [-0.25, -0.2) is 9.59 Å². The average molecular weight is 836 g/mol. The SMILES string of the molecule is CCCSCCOCC(=O)OCC1(C)CN(c2ccccc2)N(C(=O)N(C)c2cc([N+](=O)[O-])ccc2Oc2cc(C(=O)Nc3ccccc3C)c(O)c3ccccc23)C1=O. The third-order valence-corrected chi connectivity index (χ3v) is 11.0. The Morgan fingerprint density at radius 1 is 0.950 bits per heavy atom. The van der Waals surface area contributed by atoms with Crippen LogP contribution in [0.4, 0.5) is 27.5 Å². The number of carbonyl (C=O) groups excluding carboxylic acids is 4. The van der Waals surface area contributed by atoms with Crippen molar-refractivity contribution in [3.05, 3.63) is 124 Å². The fourth-order valence-corrected chi connectivity index (χ4v) is 7.29. The van der Waals surface area contributed by atoms with Gasteiger partial charge in [0.05, 0.1) is 35.0 Å². The van der Waals surface area contributed by atoms with E-state index in [9.17, 15) is 34.4 Å². The highest BCUT2D eigenvalue weighted by Crippen LogP contribution is 2.43. The molecule has 2 N–H and O–H groups in total. The van der Waals surface area contributed by atoms with Gasteiger partial charge in [0.2, 0.25) is 0 Å². The van der Waals surface area contributed by atoms with E-state index >= 15 is 0 Å². The number of hydrazine groups is 1. The van der Waals surface area contributed by atoms with Gasteiger partial charge in [-0.05, 0) is 61.9 Å². The Morgan fingerprint density at radius 2 is 1.65 bits per heavy atom. The molecule has 0 saturated carbocycles. The number of esters is 1. The van der Waals surface area contributed by atoms with E-state index in [0.29, 0.717) is 23.4 Å². The smallest absolute Gasteiger partial charge is 0.350 e. The highest BCUT2D eigenvalue weighted by molar-refractivity contribution is 7.99.